The van der Waals surface area contributed by atoms with Gasteiger partial charge in [0.2, 0.25) is 0 Å². The number of rotatable bonds is 2. The number of nitrogen functional groups attached to an aromatic ring is 1. The standard InChI is InChI=1S/C15H14FN5/c1-9-3-5-12(7-10(9)2)21-15(18-19-20-21)13-6-4-11(16)8-14(13)17/h3-8H,17H2,1-2H3. The molecule has 3 aromatic rings. The monoisotopic (exact) mass is 283 g/mol. The van der Waals surface area contributed by atoms with Crippen molar-refractivity contribution in [1.82, 2.24) is 20.2 Å². The predicted molar refractivity (Wildman–Crippen MR) is 78.4 cm³/mol. The van der Waals surface area contributed by atoms with Crippen molar-refractivity contribution >= 4 is 5.69 Å². The molecule has 2 N–H and O–H groups in total. The molecular weight excluding hydrogens is 269 g/mol. The van der Waals surface area contributed by atoms with Crippen molar-refractivity contribution in [3.63, 3.8) is 0 Å². The summed E-state index contributed by atoms with van der Waals surface area (Å²) in [6, 6.07) is 10.1. The third-order valence-electron chi connectivity index (χ3n) is 3.46. The van der Waals surface area contributed by atoms with Gasteiger partial charge in [0.05, 0.1) is 5.69 Å². The van der Waals surface area contributed by atoms with Gasteiger partial charge >= 0.3 is 0 Å². The van der Waals surface area contributed by atoms with Crippen molar-refractivity contribution < 1.29 is 4.39 Å². The lowest BCUT2D eigenvalue weighted by Crippen LogP contribution is -2.02. The van der Waals surface area contributed by atoms with Gasteiger partial charge in [0.1, 0.15) is 5.82 Å². The summed E-state index contributed by atoms with van der Waals surface area (Å²) in [7, 11) is 0. The van der Waals surface area contributed by atoms with Crippen LogP contribution in [-0.4, -0.2) is 20.2 Å². The highest BCUT2D eigenvalue weighted by Gasteiger charge is 2.14. The van der Waals surface area contributed by atoms with Crippen LogP contribution >= 0.6 is 0 Å². The van der Waals surface area contributed by atoms with E-state index in [9.17, 15) is 4.39 Å². The van der Waals surface area contributed by atoms with E-state index in [4.69, 9.17) is 5.73 Å². The number of hydrogen-bond donors (Lipinski definition) is 1. The number of aryl methyl sites for hydroxylation is 2. The summed E-state index contributed by atoms with van der Waals surface area (Å²) in [4.78, 5) is 0. The number of anilines is 1. The van der Waals surface area contributed by atoms with Gasteiger partial charge < -0.3 is 5.73 Å². The second kappa shape index (κ2) is 4.97. The van der Waals surface area contributed by atoms with Crippen molar-refractivity contribution in [2.24, 2.45) is 0 Å². The Balaban J connectivity index is 2.14. The maximum atomic E-state index is 13.2. The summed E-state index contributed by atoms with van der Waals surface area (Å²) in [6.45, 7) is 4.06. The van der Waals surface area contributed by atoms with Crippen LogP contribution < -0.4 is 5.73 Å². The SMILES string of the molecule is Cc1ccc(-n2nnnc2-c2ccc(F)cc2N)cc1C. The molecule has 0 saturated carbocycles. The zero-order valence-corrected chi connectivity index (χ0v) is 11.7. The molecule has 21 heavy (non-hydrogen) atoms. The number of nitrogens with zero attached hydrogens (tertiary/aromatic N) is 4. The van der Waals surface area contributed by atoms with E-state index < -0.39 is 0 Å². The number of benzene rings is 2. The van der Waals surface area contributed by atoms with E-state index in [-0.39, 0.29) is 5.82 Å². The zero-order chi connectivity index (χ0) is 15.0. The fraction of sp³-hybridized carbons (Fsp3) is 0.133. The van der Waals surface area contributed by atoms with E-state index in [1.165, 1.54) is 17.7 Å². The highest BCUT2D eigenvalue weighted by atomic mass is 19.1. The van der Waals surface area contributed by atoms with E-state index >= 15 is 0 Å². The number of halogens is 1. The Kier molecular flexibility index (Phi) is 3.13. The Morgan fingerprint density at radius 3 is 2.57 bits per heavy atom. The van der Waals surface area contributed by atoms with Crippen molar-refractivity contribution in [3.8, 4) is 17.1 Å². The maximum Gasteiger partial charge on any atom is 0.189 e. The molecule has 0 bridgehead atoms. The molecular formula is C15H14FN5. The second-order valence-corrected chi connectivity index (χ2v) is 4.91. The Bertz CT molecular complexity index is 810. The highest BCUT2D eigenvalue weighted by molar-refractivity contribution is 5.72. The Morgan fingerprint density at radius 1 is 1.05 bits per heavy atom. The smallest absolute Gasteiger partial charge is 0.189 e. The number of tetrazole rings is 1. The van der Waals surface area contributed by atoms with Crippen LogP contribution in [0.2, 0.25) is 0 Å². The van der Waals surface area contributed by atoms with Crippen LogP contribution in [0.4, 0.5) is 10.1 Å². The molecule has 0 spiro atoms. The third-order valence-corrected chi connectivity index (χ3v) is 3.46. The zero-order valence-electron chi connectivity index (χ0n) is 11.7. The van der Waals surface area contributed by atoms with Crippen LogP contribution in [0.15, 0.2) is 36.4 Å². The average molecular weight is 283 g/mol. The molecule has 1 heterocycles. The first-order valence-corrected chi connectivity index (χ1v) is 6.47. The topological polar surface area (TPSA) is 69.6 Å². The van der Waals surface area contributed by atoms with Crippen LogP contribution in [0.1, 0.15) is 11.1 Å². The largest absolute Gasteiger partial charge is 0.398 e. The number of nitrogens with two attached hydrogens (primary N) is 1. The van der Waals surface area contributed by atoms with Crippen LogP contribution in [0.5, 0.6) is 0 Å². The summed E-state index contributed by atoms with van der Waals surface area (Å²) in [5.41, 5.74) is 9.93. The van der Waals surface area contributed by atoms with E-state index in [1.54, 1.807) is 10.7 Å². The fourth-order valence-electron chi connectivity index (χ4n) is 2.12. The van der Waals surface area contributed by atoms with Gasteiger partial charge in [-0.3, -0.25) is 0 Å². The minimum Gasteiger partial charge on any atom is -0.398 e. The first kappa shape index (κ1) is 13.2. The number of hydrogen-bond acceptors (Lipinski definition) is 4. The van der Waals surface area contributed by atoms with Crippen molar-refractivity contribution in [3.05, 3.63) is 53.3 Å². The molecule has 0 atom stereocenters. The molecule has 3 rings (SSSR count). The van der Waals surface area contributed by atoms with Gasteiger partial charge in [-0.25, -0.2) is 4.39 Å². The molecule has 0 fully saturated rings. The molecule has 2 aromatic carbocycles. The Morgan fingerprint density at radius 2 is 1.86 bits per heavy atom. The summed E-state index contributed by atoms with van der Waals surface area (Å²) in [5, 5.41) is 11.7. The van der Waals surface area contributed by atoms with Gasteiger partial charge in [0, 0.05) is 11.3 Å². The van der Waals surface area contributed by atoms with Gasteiger partial charge in [-0.2, -0.15) is 4.68 Å². The van der Waals surface area contributed by atoms with E-state index in [0.717, 1.165) is 11.3 Å². The minimum absolute atomic E-state index is 0.301. The first-order valence-electron chi connectivity index (χ1n) is 6.47. The summed E-state index contributed by atoms with van der Waals surface area (Å²) >= 11 is 0. The van der Waals surface area contributed by atoms with Crippen molar-refractivity contribution in [2.75, 3.05) is 5.73 Å². The lowest BCUT2D eigenvalue weighted by atomic mass is 10.1. The molecule has 0 unspecified atom stereocenters. The lowest BCUT2D eigenvalue weighted by Gasteiger charge is -2.08. The molecule has 5 nitrogen and oxygen atoms in total. The molecule has 0 aliphatic heterocycles. The molecule has 0 aliphatic rings. The molecule has 6 heteroatoms. The molecule has 0 saturated heterocycles. The predicted octanol–water partition coefficient (Wildman–Crippen LogP) is 2.67. The van der Waals surface area contributed by atoms with Crippen LogP contribution in [-0.2, 0) is 0 Å². The van der Waals surface area contributed by atoms with Gasteiger partial charge in [-0.1, -0.05) is 6.07 Å². The Hall–Kier alpha value is -2.76. The maximum absolute atomic E-state index is 13.2. The summed E-state index contributed by atoms with van der Waals surface area (Å²) in [5.74, 6) is 0.0946. The molecule has 0 amide bonds. The average Bonchev–Trinajstić information content (AvgIpc) is 2.91. The van der Waals surface area contributed by atoms with E-state index in [1.807, 2.05) is 32.0 Å². The highest BCUT2D eigenvalue weighted by Crippen LogP contribution is 2.26. The second-order valence-electron chi connectivity index (χ2n) is 4.91. The van der Waals surface area contributed by atoms with E-state index in [2.05, 4.69) is 15.5 Å². The minimum atomic E-state index is -0.388. The van der Waals surface area contributed by atoms with Crippen LogP contribution in [0, 0.1) is 19.7 Å². The Labute approximate surface area is 121 Å². The molecule has 106 valence electrons. The summed E-state index contributed by atoms with van der Waals surface area (Å²) < 4.78 is 14.8. The molecule has 0 radical (unpaired) electrons. The van der Waals surface area contributed by atoms with Crippen LogP contribution in [0.25, 0.3) is 17.1 Å². The van der Waals surface area contributed by atoms with Gasteiger partial charge in [-0.15, -0.1) is 5.10 Å². The number of aromatic nitrogens is 4. The summed E-state index contributed by atoms with van der Waals surface area (Å²) in [6.07, 6.45) is 0. The molecule has 1 aromatic heterocycles. The van der Waals surface area contributed by atoms with Crippen molar-refractivity contribution in [2.45, 2.75) is 13.8 Å². The normalized spacial score (nSPS) is 10.8. The lowest BCUT2D eigenvalue weighted by molar-refractivity contribution is 0.628. The fourth-order valence-corrected chi connectivity index (χ4v) is 2.12. The first-order chi connectivity index (χ1) is 10.1. The third kappa shape index (κ3) is 2.35. The van der Waals surface area contributed by atoms with Gasteiger partial charge in [0.25, 0.3) is 0 Å². The molecule has 0 aliphatic carbocycles. The van der Waals surface area contributed by atoms with Gasteiger partial charge in [-0.05, 0) is 65.7 Å². The van der Waals surface area contributed by atoms with Crippen molar-refractivity contribution in [1.29, 1.82) is 0 Å². The van der Waals surface area contributed by atoms with Crippen LogP contribution in [0.3, 0.4) is 0 Å². The quantitative estimate of drug-likeness (QED) is 0.734. The van der Waals surface area contributed by atoms with E-state index in [0.29, 0.717) is 17.1 Å². The van der Waals surface area contributed by atoms with Gasteiger partial charge in [0.15, 0.2) is 5.82 Å².